The molecule has 0 spiro atoms. The summed E-state index contributed by atoms with van der Waals surface area (Å²) in [6.45, 7) is 3.48. The summed E-state index contributed by atoms with van der Waals surface area (Å²) in [5, 5.41) is 11.2. The molecule has 0 atom stereocenters. The number of rotatable bonds is 3. The lowest BCUT2D eigenvalue weighted by molar-refractivity contribution is 0.0303. The third kappa shape index (κ3) is 3.56. The zero-order valence-corrected chi connectivity index (χ0v) is 19.7. The van der Waals surface area contributed by atoms with E-state index in [1.54, 1.807) is 15.9 Å². The molecule has 2 aliphatic rings. The molecule has 180 valence electrons. The van der Waals surface area contributed by atoms with Gasteiger partial charge in [0.1, 0.15) is 0 Å². The Morgan fingerprint density at radius 3 is 2.64 bits per heavy atom. The van der Waals surface area contributed by atoms with Crippen molar-refractivity contribution in [1.82, 2.24) is 14.8 Å². The van der Waals surface area contributed by atoms with Gasteiger partial charge in [0.05, 0.1) is 30.8 Å². The van der Waals surface area contributed by atoms with E-state index in [0.29, 0.717) is 56.0 Å². The van der Waals surface area contributed by atoms with Crippen molar-refractivity contribution in [3.05, 3.63) is 70.8 Å². The highest BCUT2D eigenvalue weighted by Gasteiger charge is 2.24. The minimum atomic E-state index is -0.512. The molecule has 6 rings (SSSR count). The number of hydrogen-bond acceptors (Lipinski definition) is 5. The van der Waals surface area contributed by atoms with Crippen LogP contribution in [0.3, 0.4) is 0 Å². The third-order valence-corrected chi connectivity index (χ3v) is 7.26. The predicted molar refractivity (Wildman–Crippen MR) is 136 cm³/mol. The number of aromatic nitrogens is 1. The lowest BCUT2D eigenvalue weighted by atomic mass is 9.88. The van der Waals surface area contributed by atoms with E-state index < -0.39 is 5.91 Å². The average Bonchev–Trinajstić information content (AvgIpc) is 3.30. The highest BCUT2D eigenvalue weighted by atomic mass is 16.5. The standard InChI is InChI=1S/C28H25N5O3/c29-16-32-9-8-19-18(15-32)2-1-3-20(19)21-6-7-23(27(30)34)26-25(21)22-5-4-17(14-24(22)31-26)28(35)33-10-12-36-13-11-33/h1-7,14,31H,8-13,15H2,(H2,30,34). The number of amides is 2. The van der Waals surface area contributed by atoms with Crippen molar-refractivity contribution in [2.24, 2.45) is 5.73 Å². The Labute approximate surface area is 207 Å². The van der Waals surface area contributed by atoms with Crippen molar-refractivity contribution in [2.75, 3.05) is 32.8 Å². The monoisotopic (exact) mass is 479 g/mol. The van der Waals surface area contributed by atoms with E-state index in [0.717, 1.165) is 39.4 Å². The Kier molecular flexibility index (Phi) is 5.35. The van der Waals surface area contributed by atoms with Gasteiger partial charge in [-0.05, 0) is 46.9 Å². The fourth-order valence-electron chi connectivity index (χ4n) is 5.47. The Bertz CT molecular complexity index is 1580. The highest BCUT2D eigenvalue weighted by Crippen LogP contribution is 2.39. The molecule has 0 aliphatic carbocycles. The van der Waals surface area contributed by atoms with Crippen LogP contribution in [0.15, 0.2) is 48.5 Å². The highest BCUT2D eigenvalue weighted by molar-refractivity contribution is 6.20. The Hall–Kier alpha value is -4.35. The van der Waals surface area contributed by atoms with Crippen molar-refractivity contribution < 1.29 is 14.3 Å². The van der Waals surface area contributed by atoms with E-state index in [1.165, 1.54) is 5.56 Å². The molecule has 8 heteroatoms. The number of nitriles is 1. The van der Waals surface area contributed by atoms with Gasteiger partial charge in [0.25, 0.3) is 11.8 Å². The summed E-state index contributed by atoms with van der Waals surface area (Å²) in [4.78, 5) is 32.4. The van der Waals surface area contributed by atoms with E-state index in [2.05, 4.69) is 23.3 Å². The molecule has 1 aromatic heterocycles. The second kappa shape index (κ2) is 8.70. The van der Waals surface area contributed by atoms with Crippen molar-refractivity contribution in [2.45, 2.75) is 13.0 Å². The number of carbonyl (C=O) groups excluding carboxylic acids is 2. The quantitative estimate of drug-likeness (QED) is 0.437. The summed E-state index contributed by atoms with van der Waals surface area (Å²) in [7, 11) is 0. The van der Waals surface area contributed by atoms with Crippen LogP contribution >= 0.6 is 0 Å². The van der Waals surface area contributed by atoms with Crippen molar-refractivity contribution >= 4 is 33.6 Å². The van der Waals surface area contributed by atoms with E-state index in [4.69, 9.17) is 10.5 Å². The zero-order valence-electron chi connectivity index (χ0n) is 19.7. The predicted octanol–water partition coefficient (Wildman–Crippen LogP) is 3.40. The minimum Gasteiger partial charge on any atom is -0.378 e. The third-order valence-electron chi connectivity index (χ3n) is 7.26. The number of hydrogen-bond donors (Lipinski definition) is 2. The lowest BCUT2D eigenvalue weighted by Gasteiger charge is -2.26. The van der Waals surface area contributed by atoms with Gasteiger partial charge in [-0.15, -0.1) is 0 Å². The van der Waals surface area contributed by atoms with E-state index >= 15 is 0 Å². The van der Waals surface area contributed by atoms with Crippen LogP contribution in [0.25, 0.3) is 32.9 Å². The molecule has 3 aromatic carbocycles. The molecular weight excluding hydrogens is 454 g/mol. The van der Waals surface area contributed by atoms with Crippen LogP contribution in [0, 0.1) is 11.5 Å². The second-order valence-electron chi connectivity index (χ2n) is 9.28. The van der Waals surface area contributed by atoms with Crippen LogP contribution in [0.5, 0.6) is 0 Å². The molecule has 2 amide bonds. The Balaban J connectivity index is 1.53. The fourth-order valence-corrected chi connectivity index (χ4v) is 5.47. The maximum Gasteiger partial charge on any atom is 0.254 e. The molecule has 0 saturated carbocycles. The zero-order chi connectivity index (χ0) is 24.8. The van der Waals surface area contributed by atoms with Gasteiger partial charge in [-0.3, -0.25) is 9.59 Å². The molecule has 36 heavy (non-hydrogen) atoms. The normalized spacial score (nSPS) is 15.6. The number of fused-ring (bicyclic) bond motifs is 4. The topological polar surface area (TPSA) is 115 Å². The number of benzene rings is 3. The Morgan fingerprint density at radius 1 is 1.03 bits per heavy atom. The van der Waals surface area contributed by atoms with Crippen molar-refractivity contribution in [1.29, 1.82) is 5.26 Å². The molecule has 1 saturated heterocycles. The van der Waals surface area contributed by atoms with Gasteiger partial charge >= 0.3 is 0 Å². The lowest BCUT2D eigenvalue weighted by Crippen LogP contribution is -2.40. The van der Waals surface area contributed by atoms with E-state index in [1.807, 2.05) is 30.3 Å². The van der Waals surface area contributed by atoms with Crippen LogP contribution in [-0.2, 0) is 17.7 Å². The molecule has 0 unspecified atom stereocenters. The smallest absolute Gasteiger partial charge is 0.254 e. The van der Waals surface area contributed by atoms with Gasteiger partial charge in [-0.2, -0.15) is 5.26 Å². The van der Waals surface area contributed by atoms with Crippen molar-refractivity contribution in [3.63, 3.8) is 0 Å². The molecule has 0 radical (unpaired) electrons. The van der Waals surface area contributed by atoms with Crippen LogP contribution < -0.4 is 5.73 Å². The van der Waals surface area contributed by atoms with Crippen LogP contribution in [0.1, 0.15) is 31.8 Å². The van der Waals surface area contributed by atoms with Gasteiger partial charge in [-0.1, -0.05) is 30.3 Å². The summed E-state index contributed by atoms with van der Waals surface area (Å²) < 4.78 is 5.38. The number of nitrogens with zero attached hydrogens (tertiary/aromatic N) is 3. The number of H-pyrrole nitrogens is 1. The first kappa shape index (κ1) is 22.1. The first-order chi connectivity index (χ1) is 17.5. The van der Waals surface area contributed by atoms with E-state index in [9.17, 15) is 14.9 Å². The maximum atomic E-state index is 13.1. The molecule has 3 heterocycles. The van der Waals surface area contributed by atoms with Gasteiger partial charge < -0.3 is 25.3 Å². The molecule has 0 bridgehead atoms. The van der Waals surface area contributed by atoms with E-state index in [-0.39, 0.29) is 5.91 Å². The van der Waals surface area contributed by atoms with Gasteiger partial charge in [0.15, 0.2) is 6.19 Å². The van der Waals surface area contributed by atoms with Crippen molar-refractivity contribution in [3.8, 4) is 17.3 Å². The molecule has 1 fully saturated rings. The van der Waals surface area contributed by atoms with Gasteiger partial charge in [0, 0.05) is 41.5 Å². The minimum absolute atomic E-state index is 0.0339. The number of morpholine rings is 1. The number of carbonyl (C=O) groups is 2. The Morgan fingerprint density at radius 2 is 1.86 bits per heavy atom. The number of aromatic amines is 1. The number of ether oxygens (including phenoxy) is 1. The molecular formula is C28H25N5O3. The first-order valence-electron chi connectivity index (χ1n) is 12.1. The first-order valence-corrected chi connectivity index (χ1v) is 12.1. The molecule has 8 nitrogen and oxygen atoms in total. The summed E-state index contributed by atoms with van der Waals surface area (Å²) >= 11 is 0. The van der Waals surface area contributed by atoms with Crippen LogP contribution in [-0.4, -0.2) is 59.4 Å². The largest absolute Gasteiger partial charge is 0.378 e. The van der Waals surface area contributed by atoms with Crippen LogP contribution in [0.4, 0.5) is 0 Å². The van der Waals surface area contributed by atoms with Crippen LogP contribution in [0.2, 0.25) is 0 Å². The SMILES string of the molecule is N#CN1CCc2c(cccc2-c2ccc(C(N)=O)c3[nH]c4cc(C(=O)N5CCOCC5)ccc4c23)C1. The maximum absolute atomic E-state index is 13.1. The molecule has 4 aromatic rings. The summed E-state index contributed by atoms with van der Waals surface area (Å²) in [6.07, 6.45) is 3.01. The van der Waals surface area contributed by atoms with Gasteiger partial charge in [-0.25, -0.2) is 0 Å². The number of nitrogens with one attached hydrogen (secondary N) is 1. The second-order valence-corrected chi connectivity index (χ2v) is 9.28. The molecule has 3 N–H and O–H groups in total. The number of primary amides is 1. The summed E-state index contributed by atoms with van der Waals surface area (Å²) in [5.74, 6) is -0.546. The summed E-state index contributed by atoms with van der Waals surface area (Å²) in [5.41, 5.74) is 12.6. The van der Waals surface area contributed by atoms with Gasteiger partial charge in [0.2, 0.25) is 0 Å². The molecule has 2 aliphatic heterocycles. The average molecular weight is 480 g/mol. The number of nitrogens with two attached hydrogens (primary N) is 1. The summed E-state index contributed by atoms with van der Waals surface area (Å²) in [6, 6.07) is 15.5. The fraction of sp³-hybridized carbons (Fsp3) is 0.250.